The highest BCUT2D eigenvalue weighted by Gasteiger charge is 2.22. The van der Waals surface area contributed by atoms with Crippen LogP contribution in [-0.2, 0) is 0 Å². The summed E-state index contributed by atoms with van der Waals surface area (Å²) >= 11 is 0. The number of H-pyrrole nitrogens is 1. The van der Waals surface area contributed by atoms with Gasteiger partial charge in [-0.2, -0.15) is 10.5 Å². The Morgan fingerprint density at radius 2 is 1.89 bits per heavy atom. The molecule has 27 heavy (non-hydrogen) atoms. The minimum atomic E-state index is -0.631. The minimum absolute atomic E-state index is 0.0538. The van der Waals surface area contributed by atoms with Crippen LogP contribution in [0.2, 0.25) is 0 Å². The van der Waals surface area contributed by atoms with E-state index in [1.54, 1.807) is 18.2 Å². The molecule has 7 nitrogen and oxygen atoms in total. The number of ether oxygens (including phenoxy) is 2. The molecule has 0 aliphatic heterocycles. The zero-order valence-electron chi connectivity index (χ0n) is 15.0. The van der Waals surface area contributed by atoms with E-state index in [-0.39, 0.29) is 28.6 Å². The van der Waals surface area contributed by atoms with E-state index in [1.165, 1.54) is 0 Å². The highest BCUT2D eigenvalue weighted by Crippen LogP contribution is 2.37. The monoisotopic (exact) mass is 364 g/mol. The van der Waals surface area contributed by atoms with Crippen molar-refractivity contribution < 1.29 is 9.47 Å². The van der Waals surface area contributed by atoms with Crippen molar-refractivity contribution in [3.8, 4) is 34.8 Å². The van der Waals surface area contributed by atoms with Crippen molar-refractivity contribution in [3.63, 3.8) is 0 Å². The van der Waals surface area contributed by atoms with Gasteiger partial charge >= 0.3 is 0 Å². The number of benzene rings is 1. The number of nitrogen functional groups attached to an aromatic ring is 1. The highest BCUT2D eigenvalue weighted by atomic mass is 16.5. The topological polar surface area (TPSA) is 125 Å². The summed E-state index contributed by atoms with van der Waals surface area (Å²) in [6.45, 7) is 2.29. The van der Waals surface area contributed by atoms with E-state index in [4.69, 9.17) is 15.2 Å². The highest BCUT2D eigenvalue weighted by molar-refractivity contribution is 5.81. The Hall–Kier alpha value is -3.45. The summed E-state index contributed by atoms with van der Waals surface area (Å²) in [6.07, 6.45) is 4.48. The normalized spacial score (nSPS) is 13.7. The number of anilines is 1. The molecule has 1 aromatic carbocycles. The van der Waals surface area contributed by atoms with E-state index in [0.29, 0.717) is 23.7 Å². The second kappa shape index (κ2) is 7.84. The molecule has 1 saturated carbocycles. The second-order valence-corrected chi connectivity index (χ2v) is 6.34. The van der Waals surface area contributed by atoms with E-state index >= 15 is 0 Å². The molecular formula is C20H20N4O3. The number of hydrogen-bond donors (Lipinski definition) is 2. The third-order valence-electron chi connectivity index (χ3n) is 4.60. The maximum absolute atomic E-state index is 12.1. The molecule has 3 N–H and O–H groups in total. The Balaban J connectivity index is 2.13. The lowest BCUT2D eigenvalue weighted by Gasteiger charge is -2.18. The van der Waals surface area contributed by atoms with Gasteiger partial charge in [-0.25, -0.2) is 0 Å². The van der Waals surface area contributed by atoms with Crippen LogP contribution in [0.5, 0.6) is 11.5 Å². The van der Waals surface area contributed by atoms with Crippen molar-refractivity contribution in [1.29, 1.82) is 10.5 Å². The molecule has 138 valence electrons. The van der Waals surface area contributed by atoms with Crippen molar-refractivity contribution in [2.45, 2.75) is 38.7 Å². The van der Waals surface area contributed by atoms with E-state index < -0.39 is 5.56 Å². The Morgan fingerprint density at radius 3 is 2.52 bits per heavy atom. The number of hydrogen-bond acceptors (Lipinski definition) is 6. The van der Waals surface area contributed by atoms with Gasteiger partial charge in [0.05, 0.1) is 12.7 Å². The van der Waals surface area contributed by atoms with Gasteiger partial charge in [-0.3, -0.25) is 4.79 Å². The van der Waals surface area contributed by atoms with E-state index in [2.05, 4.69) is 4.98 Å². The number of rotatable bonds is 5. The van der Waals surface area contributed by atoms with Crippen molar-refractivity contribution in [2.24, 2.45) is 0 Å². The Bertz CT molecular complexity index is 992. The first-order valence-corrected chi connectivity index (χ1v) is 8.88. The fourth-order valence-corrected chi connectivity index (χ4v) is 3.35. The molecule has 0 spiro atoms. The SMILES string of the molecule is CCOc1cc(-c2c(C#N)c(N)[nH]c(=O)c2C#N)ccc1OC1CCCC1. The zero-order chi connectivity index (χ0) is 19.4. The number of nitrogens with two attached hydrogens (primary N) is 1. The number of nitrogens with zero attached hydrogens (tertiary/aromatic N) is 2. The quantitative estimate of drug-likeness (QED) is 0.840. The number of pyridine rings is 1. The van der Waals surface area contributed by atoms with Gasteiger partial charge in [0, 0.05) is 5.56 Å². The van der Waals surface area contributed by atoms with Gasteiger partial charge in [-0.15, -0.1) is 0 Å². The van der Waals surface area contributed by atoms with Gasteiger partial charge in [0.25, 0.3) is 5.56 Å². The lowest BCUT2D eigenvalue weighted by Crippen LogP contribution is -2.16. The average molecular weight is 364 g/mol. The predicted molar refractivity (Wildman–Crippen MR) is 100 cm³/mol. The van der Waals surface area contributed by atoms with Crippen molar-refractivity contribution in [3.05, 3.63) is 39.7 Å². The number of aromatic nitrogens is 1. The van der Waals surface area contributed by atoms with Gasteiger partial charge in [0.2, 0.25) is 0 Å². The van der Waals surface area contributed by atoms with Crippen molar-refractivity contribution in [2.75, 3.05) is 12.3 Å². The maximum Gasteiger partial charge on any atom is 0.268 e. The molecule has 0 bridgehead atoms. The van der Waals surface area contributed by atoms with E-state index in [9.17, 15) is 15.3 Å². The molecule has 7 heteroatoms. The summed E-state index contributed by atoms with van der Waals surface area (Å²) in [5, 5.41) is 18.9. The third-order valence-corrected chi connectivity index (χ3v) is 4.60. The zero-order valence-corrected chi connectivity index (χ0v) is 15.0. The molecule has 0 saturated heterocycles. The standard InChI is InChI=1S/C20H20N4O3/c1-2-26-17-9-12(7-8-16(17)27-13-5-3-4-6-13)18-14(10-21)19(23)24-20(25)15(18)11-22/h7-9,13H,2-6H2,1H3,(H3,23,24,25). The van der Waals surface area contributed by atoms with Gasteiger partial charge in [0.1, 0.15) is 29.1 Å². The van der Waals surface area contributed by atoms with E-state index in [0.717, 1.165) is 25.7 Å². The molecule has 0 radical (unpaired) electrons. The van der Waals surface area contributed by atoms with Crippen LogP contribution in [0.25, 0.3) is 11.1 Å². The number of nitriles is 2. The van der Waals surface area contributed by atoms with Crippen molar-refractivity contribution >= 4 is 5.82 Å². The summed E-state index contributed by atoms with van der Waals surface area (Å²) in [7, 11) is 0. The second-order valence-electron chi connectivity index (χ2n) is 6.34. The first kappa shape index (κ1) is 18.3. The molecule has 2 aromatic rings. The Labute approximate surface area is 157 Å². The van der Waals surface area contributed by atoms with Crippen molar-refractivity contribution in [1.82, 2.24) is 4.98 Å². The minimum Gasteiger partial charge on any atom is -0.490 e. The molecule has 1 aromatic heterocycles. The summed E-state index contributed by atoms with van der Waals surface area (Å²) < 4.78 is 11.8. The molecule has 0 unspecified atom stereocenters. The largest absolute Gasteiger partial charge is 0.490 e. The molecule has 1 aliphatic carbocycles. The van der Waals surface area contributed by atoms with Crippen LogP contribution in [0.3, 0.4) is 0 Å². The molecule has 0 atom stereocenters. The van der Waals surface area contributed by atoms with Crippen LogP contribution in [0.4, 0.5) is 5.82 Å². The molecule has 0 amide bonds. The Kier molecular flexibility index (Phi) is 5.33. The fourth-order valence-electron chi connectivity index (χ4n) is 3.35. The van der Waals surface area contributed by atoms with E-state index in [1.807, 2.05) is 19.1 Å². The molecule has 1 aliphatic rings. The van der Waals surface area contributed by atoms with Gasteiger partial charge < -0.3 is 20.2 Å². The lowest BCUT2D eigenvalue weighted by atomic mass is 9.96. The predicted octanol–water partition coefficient (Wildman–Crippen LogP) is 3.09. The van der Waals surface area contributed by atoms with Crippen LogP contribution >= 0.6 is 0 Å². The maximum atomic E-state index is 12.1. The molecule has 1 heterocycles. The number of nitrogens with one attached hydrogen (secondary N) is 1. The summed E-state index contributed by atoms with van der Waals surface area (Å²) in [4.78, 5) is 14.5. The number of aromatic amines is 1. The average Bonchev–Trinajstić information content (AvgIpc) is 3.16. The summed E-state index contributed by atoms with van der Waals surface area (Å²) in [5.41, 5.74) is 5.75. The van der Waals surface area contributed by atoms with Crippen LogP contribution in [0.1, 0.15) is 43.7 Å². The van der Waals surface area contributed by atoms with Gasteiger partial charge in [-0.05, 0) is 50.3 Å². The first-order chi connectivity index (χ1) is 13.1. The summed E-state index contributed by atoms with van der Waals surface area (Å²) in [6, 6.07) is 8.98. The molecule has 3 rings (SSSR count). The van der Waals surface area contributed by atoms with Crippen LogP contribution < -0.4 is 20.8 Å². The van der Waals surface area contributed by atoms with Gasteiger partial charge in [-0.1, -0.05) is 6.07 Å². The summed E-state index contributed by atoms with van der Waals surface area (Å²) in [5.74, 6) is 1.05. The van der Waals surface area contributed by atoms with Crippen LogP contribution in [-0.4, -0.2) is 17.7 Å². The van der Waals surface area contributed by atoms with Crippen LogP contribution in [0.15, 0.2) is 23.0 Å². The fraction of sp³-hybridized carbons (Fsp3) is 0.350. The third kappa shape index (κ3) is 3.58. The first-order valence-electron chi connectivity index (χ1n) is 8.88. The Morgan fingerprint density at radius 1 is 1.19 bits per heavy atom. The van der Waals surface area contributed by atoms with Crippen LogP contribution in [0, 0.1) is 22.7 Å². The van der Waals surface area contributed by atoms with Gasteiger partial charge in [0.15, 0.2) is 11.5 Å². The molecular weight excluding hydrogens is 344 g/mol. The smallest absolute Gasteiger partial charge is 0.268 e. The lowest BCUT2D eigenvalue weighted by molar-refractivity contribution is 0.197. The molecule has 1 fully saturated rings.